The van der Waals surface area contributed by atoms with Gasteiger partial charge in [-0.25, -0.2) is 0 Å². The Labute approximate surface area is 275 Å². The molecular formula is C15H30F5N5O15S5. The maximum absolute atomic E-state index is 10.1. The fraction of sp³-hybridized carbons (Fsp3) is 0.333. The van der Waals surface area contributed by atoms with Crippen LogP contribution in [0.15, 0.2) is 0 Å². The van der Waals surface area contributed by atoms with Crippen molar-refractivity contribution >= 4 is 123 Å². The molecule has 0 unspecified atom stereocenters. The number of carbonyl (C=O) groups excluding carboxylic acids is 5. The van der Waals surface area contributed by atoms with Gasteiger partial charge in [-0.2, -0.15) is 23.6 Å². The smallest absolute Gasteiger partial charge is 0.313 e. The number of hydrogen-bond donors (Lipinski definition) is 10. The molecule has 0 spiro atoms. The second-order valence-electron chi connectivity index (χ2n) is 5.59. The summed E-state index contributed by atoms with van der Waals surface area (Å²) >= 11 is 13.1. The molecule has 0 aliphatic rings. The largest absolute Gasteiger partial charge is 1.00 e. The summed E-state index contributed by atoms with van der Waals surface area (Å²) in [6.45, 7) is 0. The van der Waals surface area contributed by atoms with Crippen LogP contribution in [0, 0.1) is 0 Å². The summed E-state index contributed by atoms with van der Waals surface area (Å²) in [5.74, 6) is -8.50. The van der Waals surface area contributed by atoms with Crippen LogP contribution in [0.5, 0.6) is 0 Å². The minimum absolute atomic E-state index is 0. The molecule has 0 aromatic rings. The highest BCUT2D eigenvalue weighted by Gasteiger charge is 2.07. The number of carboxylic acids is 5. The van der Waals surface area contributed by atoms with Crippen LogP contribution < -0.4 is 47.1 Å². The Hall–Kier alpha value is -3.90. The van der Waals surface area contributed by atoms with Gasteiger partial charge in [0.15, 0.2) is 0 Å². The van der Waals surface area contributed by atoms with Crippen molar-refractivity contribution in [2.24, 2.45) is 0 Å². The Bertz CT molecular complexity index is 751. The predicted molar refractivity (Wildman–Crippen MR) is 153 cm³/mol. The SMILES string of the molecule is O=C(O)CC(=O)N[SH2+].O=C(O)CC(=O)N[SH2+].O=C(O)CC(=O)N[SH2+].O=C(O)CC(=O)N[SH2+].O=C(O)CC(=O)N[SH2+].[F-].[F-].[F-].[F-].[F-]. The average molecular weight is 776 g/mol. The van der Waals surface area contributed by atoms with Gasteiger partial charge in [0.05, 0.1) is 64.1 Å². The Morgan fingerprint density at radius 3 is 0.422 bits per heavy atom. The van der Waals surface area contributed by atoms with E-state index < -0.39 is 91.5 Å². The van der Waals surface area contributed by atoms with Crippen molar-refractivity contribution in [2.75, 3.05) is 0 Å². The van der Waals surface area contributed by atoms with Crippen LogP contribution in [0.3, 0.4) is 0 Å². The number of nitrogens with one attached hydrogen (secondary N) is 5. The molecule has 0 rings (SSSR count). The Balaban J connectivity index is -0.0000000414. The molecule has 0 saturated carbocycles. The molecule has 0 fully saturated rings. The third kappa shape index (κ3) is 85.5. The predicted octanol–water partition coefficient (Wildman–Crippen LogP) is -22.5. The second kappa shape index (κ2) is 47.0. The Morgan fingerprint density at radius 2 is 0.400 bits per heavy atom. The number of carbonyl (C=O) groups is 10. The molecule has 0 saturated heterocycles. The lowest BCUT2D eigenvalue weighted by molar-refractivity contribution is -0.142. The Morgan fingerprint density at radius 1 is 0.311 bits per heavy atom. The molecule has 0 bridgehead atoms. The number of hydrogen-bond acceptors (Lipinski definition) is 10. The average Bonchev–Trinajstić information content (AvgIpc) is 2.83. The molecule has 0 aromatic heterocycles. The van der Waals surface area contributed by atoms with Crippen molar-refractivity contribution in [1.82, 2.24) is 23.6 Å². The number of aliphatic carboxylic acids is 5. The van der Waals surface area contributed by atoms with Gasteiger partial charge in [0.25, 0.3) is 29.5 Å². The molecule has 30 heteroatoms. The number of rotatable bonds is 10. The molecule has 10 N–H and O–H groups in total. The van der Waals surface area contributed by atoms with Gasteiger partial charge in [0.2, 0.25) is 0 Å². The number of halogens is 5. The zero-order valence-corrected chi connectivity index (χ0v) is 26.7. The third-order valence-electron chi connectivity index (χ3n) is 2.26. The second-order valence-corrected chi connectivity index (χ2v) is 6.84. The first-order valence-corrected chi connectivity index (χ1v) is 11.7. The summed E-state index contributed by atoms with van der Waals surface area (Å²) in [5, 5.41) is 39.7. The van der Waals surface area contributed by atoms with Crippen molar-refractivity contribution < 1.29 is 97.0 Å². The van der Waals surface area contributed by atoms with E-state index in [1.54, 1.807) is 0 Å². The summed E-state index contributed by atoms with van der Waals surface area (Å²) < 4.78 is 9.91. The molecule has 0 aliphatic carbocycles. The fourth-order valence-corrected chi connectivity index (χ4v) is 1.35. The minimum atomic E-state index is -1.14. The molecule has 0 aromatic carbocycles. The van der Waals surface area contributed by atoms with E-state index in [0.29, 0.717) is 0 Å². The van der Waals surface area contributed by atoms with E-state index in [0.717, 1.165) is 0 Å². The van der Waals surface area contributed by atoms with Gasteiger partial charge >= 0.3 is 29.8 Å². The molecular weight excluding hydrogens is 746 g/mol. The van der Waals surface area contributed by atoms with Gasteiger partial charge in [-0.15, -0.1) is 0 Å². The van der Waals surface area contributed by atoms with E-state index in [1.165, 1.54) is 0 Å². The molecule has 5 amide bonds. The van der Waals surface area contributed by atoms with Crippen molar-refractivity contribution in [3.05, 3.63) is 0 Å². The Kier molecular flexibility index (Phi) is 71.4. The molecule has 270 valence electrons. The first-order valence-electron chi connectivity index (χ1n) is 9.19. The van der Waals surface area contributed by atoms with Crippen LogP contribution in [-0.4, -0.2) is 84.9 Å². The van der Waals surface area contributed by atoms with E-state index in [-0.39, 0.29) is 23.5 Å². The van der Waals surface area contributed by atoms with Gasteiger partial charge in [0.1, 0.15) is 32.1 Å². The summed E-state index contributed by atoms with van der Waals surface area (Å²) in [7, 11) is 0. The maximum Gasteiger partial charge on any atom is 0.313 e. The highest BCUT2D eigenvalue weighted by atomic mass is 32.1. The summed E-state index contributed by atoms with van der Waals surface area (Å²) in [4.78, 5) is 98.8. The van der Waals surface area contributed by atoms with E-state index in [9.17, 15) is 47.9 Å². The highest BCUT2D eigenvalue weighted by molar-refractivity contribution is 7.57. The zero-order chi connectivity index (χ0) is 32.8. The molecule has 0 atom stereocenters. The quantitative estimate of drug-likeness (QED) is 0.0560. The van der Waals surface area contributed by atoms with Crippen LogP contribution in [0.1, 0.15) is 32.1 Å². The lowest BCUT2D eigenvalue weighted by atomic mass is 10.4. The van der Waals surface area contributed by atoms with E-state index in [2.05, 4.69) is 64.1 Å². The topological polar surface area (TPSA) is 332 Å². The van der Waals surface area contributed by atoms with E-state index in [1.807, 2.05) is 23.6 Å². The van der Waals surface area contributed by atoms with Crippen LogP contribution in [0.25, 0.3) is 0 Å². The highest BCUT2D eigenvalue weighted by Crippen LogP contribution is 1.77. The van der Waals surface area contributed by atoms with Crippen molar-refractivity contribution in [1.29, 1.82) is 0 Å². The standard InChI is InChI=1S/5C3H5NO3S.5FH/c5*5-2(4-8)1-3(6)7;;;;;/h5*8H,1H2,(H,4,5)(H,6,7);5*1H. The van der Waals surface area contributed by atoms with Crippen molar-refractivity contribution in [2.45, 2.75) is 32.1 Å². The summed E-state index contributed by atoms with van der Waals surface area (Å²) in [6.07, 6.45) is -2.48. The first kappa shape index (κ1) is 68.3. The minimum Gasteiger partial charge on any atom is -1.00 e. The molecule has 20 nitrogen and oxygen atoms in total. The summed E-state index contributed by atoms with van der Waals surface area (Å²) in [5.41, 5.74) is 0. The zero-order valence-electron chi connectivity index (χ0n) is 21.7. The first-order chi connectivity index (χ1) is 18.3. The van der Waals surface area contributed by atoms with Gasteiger partial charge in [-0.05, 0) is 0 Å². The fourth-order valence-electron chi connectivity index (χ4n) is 0.908. The molecule has 45 heavy (non-hydrogen) atoms. The lowest BCUT2D eigenvalue weighted by Crippen LogP contribution is -3.00. The molecule has 0 radical (unpaired) electrons. The maximum atomic E-state index is 10.1. The molecule has 0 aliphatic heterocycles. The van der Waals surface area contributed by atoms with E-state index >= 15 is 0 Å². The summed E-state index contributed by atoms with van der Waals surface area (Å²) in [6, 6.07) is 0. The van der Waals surface area contributed by atoms with Crippen LogP contribution in [-0.2, 0) is 112 Å². The van der Waals surface area contributed by atoms with Gasteiger partial charge in [-0.3, -0.25) is 47.9 Å². The van der Waals surface area contributed by atoms with Crippen molar-refractivity contribution in [3.8, 4) is 0 Å². The van der Waals surface area contributed by atoms with Crippen LogP contribution >= 0.6 is 0 Å². The lowest BCUT2D eigenvalue weighted by Gasteiger charge is -1.85. The van der Waals surface area contributed by atoms with Gasteiger partial charge in [-0.1, -0.05) is 0 Å². The van der Waals surface area contributed by atoms with Gasteiger partial charge in [0, 0.05) is 0 Å². The number of carboxylic acid groups (broad SMARTS) is 5. The normalized spacial score (nSPS) is 7.22. The van der Waals surface area contributed by atoms with Crippen molar-refractivity contribution in [3.63, 3.8) is 0 Å². The van der Waals surface area contributed by atoms with E-state index in [4.69, 9.17) is 25.5 Å². The monoisotopic (exact) mass is 775 g/mol. The molecule has 0 heterocycles. The van der Waals surface area contributed by atoms with Crippen LogP contribution in [0.4, 0.5) is 0 Å². The van der Waals surface area contributed by atoms with Crippen LogP contribution in [0.2, 0.25) is 0 Å². The third-order valence-corrected chi connectivity index (χ3v) is 3.65. The number of amides is 5. The van der Waals surface area contributed by atoms with Gasteiger partial charge < -0.3 is 49.1 Å².